The maximum absolute atomic E-state index is 5.44. The normalized spacial score (nSPS) is 11.1. The van der Waals surface area contributed by atoms with Crippen molar-refractivity contribution in [2.75, 3.05) is 0 Å². The van der Waals surface area contributed by atoms with Crippen molar-refractivity contribution in [3.05, 3.63) is 66.6 Å². The summed E-state index contributed by atoms with van der Waals surface area (Å²) in [5, 5.41) is 5.23. The van der Waals surface area contributed by atoms with E-state index < -0.39 is 0 Å². The van der Waals surface area contributed by atoms with Gasteiger partial charge in [-0.05, 0) is 23.8 Å². The van der Waals surface area contributed by atoms with Crippen LogP contribution < -0.4 is 0 Å². The zero-order valence-corrected chi connectivity index (χ0v) is 12.4. The number of nitrogens with zero attached hydrogens (tertiary/aromatic N) is 4. The van der Waals surface area contributed by atoms with Crippen molar-refractivity contribution in [3.8, 4) is 11.5 Å². The first-order valence-corrected chi connectivity index (χ1v) is 7.81. The van der Waals surface area contributed by atoms with Gasteiger partial charge in [0.05, 0.1) is 6.26 Å². The summed E-state index contributed by atoms with van der Waals surface area (Å²) in [5.41, 5.74) is 2.08. The lowest BCUT2D eigenvalue weighted by Crippen LogP contribution is -1.94. The number of furan rings is 1. The lowest BCUT2D eigenvalue weighted by molar-refractivity contribution is 0.577. The average molecular weight is 308 g/mol. The molecule has 1 aromatic carbocycles. The van der Waals surface area contributed by atoms with Crippen molar-refractivity contribution in [3.63, 3.8) is 0 Å². The van der Waals surface area contributed by atoms with Gasteiger partial charge in [0.2, 0.25) is 5.16 Å². The molecule has 0 atom stereocenters. The fourth-order valence-corrected chi connectivity index (χ4v) is 2.94. The molecule has 0 amide bonds. The summed E-state index contributed by atoms with van der Waals surface area (Å²) in [7, 11) is 0. The highest BCUT2D eigenvalue weighted by atomic mass is 32.2. The summed E-state index contributed by atoms with van der Waals surface area (Å²) >= 11 is 1.59. The maximum Gasteiger partial charge on any atom is 0.253 e. The standard InChI is InChI=1S/C16H12N4OS/c1-2-5-12(6-3-1)11-22-16-18-15-17-9-8-13(20(15)19-16)14-7-4-10-21-14/h1-10H,11H2. The van der Waals surface area contributed by atoms with Gasteiger partial charge in [-0.3, -0.25) is 0 Å². The van der Waals surface area contributed by atoms with Gasteiger partial charge in [0.1, 0.15) is 5.69 Å². The molecular weight excluding hydrogens is 296 g/mol. The molecule has 0 aliphatic carbocycles. The molecule has 0 spiro atoms. The molecule has 0 N–H and O–H groups in total. The minimum atomic E-state index is 0.574. The molecule has 4 rings (SSSR count). The molecule has 0 aliphatic heterocycles. The molecule has 0 radical (unpaired) electrons. The van der Waals surface area contributed by atoms with Crippen LogP contribution in [0.15, 0.2) is 70.6 Å². The SMILES string of the molecule is c1ccc(CSc2nc3nccc(-c4ccco4)n3n2)cc1. The van der Waals surface area contributed by atoms with Crippen molar-refractivity contribution in [2.24, 2.45) is 0 Å². The molecule has 0 fully saturated rings. The molecule has 3 aromatic heterocycles. The summed E-state index contributed by atoms with van der Waals surface area (Å²) in [6, 6.07) is 15.9. The van der Waals surface area contributed by atoms with Crippen molar-refractivity contribution >= 4 is 17.5 Å². The van der Waals surface area contributed by atoms with Gasteiger partial charge in [-0.1, -0.05) is 42.1 Å². The van der Waals surface area contributed by atoms with Gasteiger partial charge < -0.3 is 4.42 Å². The summed E-state index contributed by atoms with van der Waals surface area (Å²) < 4.78 is 7.16. The Morgan fingerprint density at radius 3 is 2.77 bits per heavy atom. The van der Waals surface area contributed by atoms with Crippen LogP contribution in [0.25, 0.3) is 17.2 Å². The van der Waals surface area contributed by atoms with Gasteiger partial charge in [-0.2, -0.15) is 9.50 Å². The van der Waals surface area contributed by atoms with Crippen LogP contribution in [0, 0.1) is 0 Å². The minimum absolute atomic E-state index is 0.574. The van der Waals surface area contributed by atoms with Gasteiger partial charge in [-0.15, -0.1) is 5.10 Å². The Morgan fingerprint density at radius 2 is 1.95 bits per heavy atom. The van der Waals surface area contributed by atoms with E-state index in [1.165, 1.54) is 5.56 Å². The van der Waals surface area contributed by atoms with E-state index in [-0.39, 0.29) is 0 Å². The second-order valence-corrected chi connectivity index (χ2v) is 5.63. The third kappa shape index (κ3) is 2.48. The van der Waals surface area contributed by atoms with E-state index in [1.807, 2.05) is 36.4 Å². The van der Waals surface area contributed by atoms with E-state index in [0.717, 1.165) is 17.2 Å². The summed E-state index contributed by atoms with van der Waals surface area (Å²) in [4.78, 5) is 8.72. The van der Waals surface area contributed by atoms with Crippen LogP contribution in [0.2, 0.25) is 0 Å². The smallest absolute Gasteiger partial charge is 0.253 e. The van der Waals surface area contributed by atoms with Crippen LogP contribution in [-0.2, 0) is 5.75 Å². The molecule has 6 heteroatoms. The molecule has 0 unspecified atom stereocenters. The Bertz CT molecular complexity index is 887. The zero-order chi connectivity index (χ0) is 14.8. The van der Waals surface area contributed by atoms with Gasteiger partial charge >= 0.3 is 0 Å². The second-order valence-electron chi connectivity index (χ2n) is 4.69. The molecule has 0 bridgehead atoms. The molecule has 3 heterocycles. The van der Waals surface area contributed by atoms with Crippen LogP contribution in [-0.4, -0.2) is 19.6 Å². The lowest BCUT2D eigenvalue weighted by atomic mass is 10.2. The van der Waals surface area contributed by atoms with Crippen LogP contribution in [0.1, 0.15) is 5.56 Å². The topological polar surface area (TPSA) is 56.2 Å². The lowest BCUT2D eigenvalue weighted by Gasteiger charge is -1.98. The molecule has 0 saturated carbocycles. The Balaban J connectivity index is 1.65. The van der Waals surface area contributed by atoms with E-state index in [0.29, 0.717) is 10.9 Å². The quantitative estimate of drug-likeness (QED) is 0.538. The number of thioether (sulfide) groups is 1. The van der Waals surface area contributed by atoms with Gasteiger partial charge in [-0.25, -0.2) is 4.98 Å². The van der Waals surface area contributed by atoms with Gasteiger partial charge in [0.15, 0.2) is 5.76 Å². The Labute approximate surface area is 131 Å². The van der Waals surface area contributed by atoms with Crippen molar-refractivity contribution in [2.45, 2.75) is 10.9 Å². The molecule has 0 aliphatic rings. The first kappa shape index (κ1) is 13.1. The Hall–Kier alpha value is -2.60. The monoisotopic (exact) mass is 308 g/mol. The van der Waals surface area contributed by atoms with Crippen LogP contribution in [0.4, 0.5) is 0 Å². The maximum atomic E-state index is 5.44. The molecule has 22 heavy (non-hydrogen) atoms. The van der Waals surface area contributed by atoms with Gasteiger partial charge in [0.25, 0.3) is 5.78 Å². The third-order valence-electron chi connectivity index (χ3n) is 3.21. The fourth-order valence-electron chi connectivity index (χ4n) is 2.17. The molecule has 4 aromatic rings. The molecule has 5 nitrogen and oxygen atoms in total. The summed E-state index contributed by atoms with van der Waals surface area (Å²) in [6.45, 7) is 0. The predicted octanol–water partition coefficient (Wildman–Crippen LogP) is 3.68. The summed E-state index contributed by atoms with van der Waals surface area (Å²) in [5.74, 6) is 2.15. The van der Waals surface area contributed by atoms with E-state index in [2.05, 4.69) is 27.2 Å². The van der Waals surface area contributed by atoms with Crippen molar-refractivity contribution in [1.82, 2.24) is 19.6 Å². The van der Waals surface area contributed by atoms with Crippen LogP contribution in [0.3, 0.4) is 0 Å². The number of rotatable bonds is 4. The van der Waals surface area contributed by atoms with Crippen molar-refractivity contribution in [1.29, 1.82) is 0 Å². The molecule has 0 saturated heterocycles. The number of benzene rings is 1. The first-order chi connectivity index (χ1) is 10.9. The minimum Gasteiger partial charge on any atom is -0.463 e. The van der Waals surface area contributed by atoms with E-state index in [4.69, 9.17) is 4.42 Å². The number of hydrogen-bond acceptors (Lipinski definition) is 5. The highest BCUT2D eigenvalue weighted by molar-refractivity contribution is 7.98. The Morgan fingerprint density at radius 1 is 1.05 bits per heavy atom. The largest absolute Gasteiger partial charge is 0.463 e. The second kappa shape index (κ2) is 5.65. The summed E-state index contributed by atoms with van der Waals surface area (Å²) in [6.07, 6.45) is 3.36. The van der Waals surface area contributed by atoms with Crippen LogP contribution >= 0.6 is 11.8 Å². The number of aromatic nitrogens is 4. The highest BCUT2D eigenvalue weighted by Gasteiger charge is 2.11. The van der Waals surface area contributed by atoms with E-state index >= 15 is 0 Å². The predicted molar refractivity (Wildman–Crippen MR) is 84.5 cm³/mol. The average Bonchev–Trinajstić information content (AvgIpc) is 3.22. The number of hydrogen-bond donors (Lipinski definition) is 0. The Kier molecular flexibility index (Phi) is 3.36. The molecule has 108 valence electrons. The van der Waals surface area contributed by atoms with Gasteiger partial charge in [0, 0.05) is 11.9 Å². The first-order valence-electron chi connectivity index (χ1n) is 6.82. The highest BCUT2D eigenvalue weighted by Crippen LogP contribution is 2.23. The van der Waals surface area contributed by atoms with Crippen molar-refractivity contribution < 1.29 is 4.42 Å². The fraction of sp³-hybridized carbons (Fsp3) is 0.0625. The molecular formula is C16H12N4OS. The van der Waals surface area contributed by atoms with E-state index in [9.17, 15) is 0 Å². The zero-order valence-electron chi connectivity index (χ0n) is 11.6. The van der Waals surface area contributed by atoms with Crippen LogP contribution in [0.5, 0.6) is 0 Å². The number of fused-ring (bicyclic) bond motifs is 1. The third-order valence-corrected chi connectivity index (χ3v) is 4.11. The van der Waals surface area contributed by atoms with E-state index in [1.54, 1.807) is 28.7 Å².